The van der Waals surface area contributed by atoms with Gasteiger partial charge in [-0.25, -0.2) is 9.97 Å². The van der Waals surface area contributed by atoms with E-state index in [1.807, 2.05) is 0 Å². The molecule has 1 saturated heterocycles. The number of halogens is 3. The zero-order chi connectivity index (χ0) is 14.7. The highest BCUT2D eigenvalue weighted by Crippen LogP contribution is 2.57. The molecule has 2 heterocycles. The lowest BCUT2D eigenvalue weighted by atomic mass is 9.57. The van der Waals surface area contributed by atoms with Crippen LogP contribution in [0.15, 0.2) is 12.3 Å². The fraction of sp³-hybridized carbons (Fsp3) is 0.733. The van der Waals surface area contributed by atoms with Gasteiger partial charge in [0.05, 0.1) is 0 Å². The van der Waals surface area contributed by atoms with Crippen molar-refractivity contribution in [3.05, 3.63) is 23.8 Å². The van der Waals surface area contributed by atoms with Crippen LogP contribution in [0.25, 0.3) is 0 Å². The molecule has 0 amide bonds. The van der Waals surface area contributed by atoms with E-state index in [-0.39, 0.29) is 18.7 Å². The van der Waals surface area contributed by atoms with Crippen LogP contribution in [0, 0.1) is 11.3 Å². The maximum Gasteiger partial charge on any atom is 0.401 e. The van der Waals surface area contributed by atoms with E-state index < -0.39 is 11.6 Å². The minimum atomic E-state index is -4.23. The summed E-state index contributed by atoms with van der Waals surface area (Å²) in [7, 11) is 0. The second-order valence-electron chi connectivity index (χ2n) is 7.03. The maximum absolute atomic E-state index is 13.1. The van der Waals surface area contributed by atoms with Crippen LogP contribution in [0.5, 0.6) is 0 Å². The third kappa shape index (κ3) is 2.06. The van der Waals surface area contributed by atoms with Crippen LogP contribution >= 0.6 is 0 Å². The summed E-state index contributed by atoms with van der Waals surface area (Å²) < 4.78 is 39.4. The molecule has 21 heavy (non-hydrogen) atoms. The number of aromatic nitrogens is 2. The predicted molar refractivity (Wildman–Crippen MR) is 70.7 cm³/mol. The first-order valence-corrected chi connectivity index (χ1v) is 7.52. The van der Waals surface area contributed by atoms with Gasteiger partial charge < -0.3 is 5.32 Å². The second-order valence-corrected chi connectivity index (χ2v) is 7.03. The first-order valence-electron chi connectivity index (χ1n) is 7.52. The van der Waals surface area contributed by atoms with Crippen molar-refractivity contribution in [2.75, 3.05) is 13.1 Å². The fourth-order valence-electron chi connectivity index (χ4n) is 3.87. The molecule has 1 aromatic rings. The van der Waals surface area contributed by atoms with Crippen molar-refractivity contribution in [2.24, 2.45) is 11.3 Å². The van der Waals surface area contributed by atoms with E-state index in [1.165, 1.54) is 19.0 Å². The summed E-state index contributed by atoms with van der Waals surface area (Å²) in [4.78, 5) is 8.15. The zero-order valence-electron chi connectivity index (χ0n) is 11.7. The number of alkyl halides is 3. The summed E-state index contributed by atoms with van der Waals surface area (Å²) in [6.45, 7) is 2.19. The summed E-state index contributed by atoms with van der Waals surface area (Å²) in [5, 5.41) is 3.29. The molecular formula is C15H18F3N3. The van der Waals surface area contributed by atoms with Crippen molar-refractivity contribution in [3.63, 3.8) is 0 Å². The number of rotatable bonds is 3. The molecular weight excluding hydrogens is 279 g/mol. The van der Waals surface area contributed by atoms with E-state index >= 15 is 0 Å². The molecule has 0 radical (unpaired) electrons. The molecule has 3 nitrogen and oxygen atoms in total. The van der Waals surface area contributed by atoms with Crippen molar-refractivity contribution in [3.8, 4) is 0 Å². The van der Waals surface area contributed by atoms with Gasteiger partial charge in [0.1, 0.15) is 11.2 Å². The molecule has 2 aliphatic carbocycles. The largest absolute Gasteiger partial charge is 0.401 e. The molecule has 3 aliphatic rings. The average molecular weight is 297 g/mol. The number of nitrogens with zero attached hydrogens (tertiary/aromatic N) is 2. The van der Waals surface area contributed by atoms with Crippen LogP contribution in [-0.4, -0.2) is 29.2 Å². The Hall–Kier alpha value is -1.17. The normalized spacial score (nSPS) is 26.2. The highest BCUT2D eigenvalue weighted by Gasteiger charge is 2.66. The molecule has 1 aliphatic heterocycles. The Balaban J connectivity index is 1.47. The summed E-state index contributed by atoms with van der Waals surface area (Å²) in [6.07, 6.45) is 0.627. The Morgan fingerprint density at radius 1 is 1.24 bits per heavy atom. The lowest BCUT2D eigenvalue weighted by molar-refractivity contribution is -0.162. The third-order valence-electron chi connectivity index (χ3n) is 5.38. The second kappa shape index (κ2) is 4.18. The molecule has 6 heteroatoms. The summed E-state index contributed by atoms with van der Waals surface area (Å²) in [5.74, 6) is 0.544. The Labute approximate surface area is 121 Å². The van der Waals surface area contributed by atoms with E-state index in [1.54, 1.807) is 6.07 Å². The number of nitrogens with one attached hydrogen (secondary N) is 1. The van der Waals surface area contributed by atoms with Gasteiger partial charge in [0, 0.05) is 25.0 Å². The van der Waals surface area contributed by atoms with Gasteiger partial charge in [-0.15, -0.1) is 0 Å². The van der Waals surface area contributed by atoms with Crippen molar-refractivity contribution in [1.29, 1.82) is 0 Å². The maximum atomic E-state index is 13.1. The molecule has 3 fully saturated rings. The highest BCUT2D eigenvalue weighted by atomic mass is 19.4. The van der Waals surface area contributed by atoms with E-state index in [4.69, 9.17) is 0 Å². The standard InChI is InChI=1S/C15H18F3N3/c16-15(17,18)14(2-3-14)12-20-4-1-11(21-12)5-10-6-13(7-10)8-19-9-13/h1,4,10,19H,2-3,5-9H2. The predicted octanol–water partition coefficient (Wildman–Crippen LogP) is 2.61. The molecule has 0 atom stereocenters. The smallest absolute Gasteiger partial charge is 0.316 e. The first kappa shape index (κ1) is 13.5. The number of hydrogen-bond donors (Lipinski definition) is 1. The Kier molecular flexibility index (Phi) is 2.69. The van der Waals surface area contributed by atoms with Gasteiger partial charge in [0.15, 0.2) is 0 Å². The number of hydrogen-bond acceptors (Lipinski definition) is 3. The Morgan fingerprint density at radius 3 is 2.48 bits per heavy atom. The van der Waals surface area contributed by atoms with Gasteiger partial charge >= 0.3 is 6.18 Å². The van der Waals surface area contributed by atoms with Crippen molar-refractivity contribution in [2.45, 2.75) is 43.7 Å². The van der Waals surface area contributed by atoms with Crippen molar-refractivity contribution >= 4 is 0 Å². The topological polar surface area (TPSA) is 37.8 Å². The van der Waals surface area contributed by atoms with Gasteiger partial charge in [-0.05, 0) is 49.5 Å². The molecule has 1 aromatic heterocycles. The van der Waals surface area contributed by atoms with Gasteiger partial charge in [-0.2, -0.15) is 13.2 Å². The van der Waals surface area contributed by atoms with Gasteiger partial charge in [-0.3, -0.25) is 0 Å². The summed E-state index contributed by atoms with van der Waals surface area (Å²) in [6, 6.07) is 1.76. The first-order chi connectivity index (χ1) is 9.93. The van der Waals surface area contributed by atoms with E-state index in [9.17, 15) is 13.2 Å². The lowest BCUT2D eigenvalue weighted by Gasteiger charge is -2.54. The Morgan fingerprint density at radius 2 is 1.95 bits per heavy atom. The molecule has 0 unspecified atom stereocenters. The zero-order valence-corrected chi connectivity index (χ0v) is 11.7. The molecule has 0 bridgehead atoms. The van der Waals surface area contributed by atoms with Gasteiger partial charge in [0.25, 0.3) is 0 Å². The molecule has 1 N–H and O–H groups in total. The van der Waals surface area contributed by atoms with Crippen molar-refractivity contribution < 1.29 is 13.2 Å². The van der Waals surface area contributed by atoms with Crippen LogP contribution in [0.4, 0.5) is 13.2 Å². The lowest BCUT2D eigenvalue weighted by Crippen LogP contribution is -2.60. The van der Waals surface area contributed by atoms with Crippen LogP contribution in [0.1, 0.15) is 37.2 Å². The minimum absolute atomic E-state index is 0.0214. The van der Waals surface area contributed by atoms with E-state index in [0.717, 1.165) is 25.2 Å². The van der Waals surface area contributed by atoms with Gasteiger partial charge in [0.2, 0.25) is 0 Å². The summed E-state index contributed by atoms with van der Waals surface area (Å²) in [5.41, 5.74) is -0.506. The van der Waals surface area contributed by atoms with E-state index in [2.05, 4.69) is 15.3 Å². The average Bonchev–Trinajstić information content (AvgIpc) is 3.11. The van der Waals surface area contributed by atoms with Gasteiger partial charge in [-0.1, -0.05) is 0 Å². The molecule has 4 rings (SSSR count). The van der Waals surface area contributed by atoms with Crippen LogP contribution in [0.2, 0.25) is 0 Å². The van der Waals surface area contributed by atoms with Crippen LogP contribution in [0.3, 0.4) is 0 Å². The molecule has 0 aromatic carbocycles. The van der Waals surface area contributed by atoms with E-state index in [0.29, 0.717) is 11.3 Å². The molecule has 114 valence electrons. The monoisotopic (exact) mass is 297 g/mol. The minimum Gasteiger partial charge on any atom is -0.316 e. The molecule has 2 saturated carbocycles. The van der Waals surface area contributed by atoms with Crippen LogP contribution in [-0.2, 0) is 11.8 Å². The summed E-state index contributed by atoms with van der Waals surface area (Å²) >= 11 is 0. The SMILES string of the molecule is FC(F)(F)C1(c2nccc(CC3CC4(CNC4)C3)n2)CC1. The fourth-order valence-corrected chi connectivity index (χ4v) is 3.87. The third-order valence-corrected chi connectivity index (χ3v) is 5.38. The quantitative estimate of drug-likeness (QED) is 0.932. The van der Waals surface area contributed by atoms with Crippen molar-refractivity contribution in [1.82, 2.24) is 15.3 Å². The Bertz CT molecular complexity index is 554. The molecule has 1 spiro atoms. The highest BCUT2D eigenvalue weighted by molar-refractivity contribution is 5.23. The van der Waals surface area contributed by atoms with Crippen LogP contribution < -0.4 is 5.32 Å².